The van der Waals surface area contributed by atoms with E-state index in [1.165, 1.54) is 11.1 Å². The maximum absolute atomic E-state index is 5.25. The van der Waals surface area contributed by atoms with Gasteiger partial charge in [-0.05, 0) is 29.7 Å². The average molecular weight is 309 g/mol. The number of hydrogen-bond acceptors (Lipinski definition) is 5. The first-order chi connectivity index (χ1) is 11.3. The molecule has 0 unspecified atom stereocenters. The molecular formula is C18H19N3O2. The van der Waals surface area contributed by atoms with E-state index in [-0.39, 0.29) is 0 Å². The van der Waals surface area contributed by atoms with Crippen LogP contribution in [0.2, 0.25) is 0 Å². The summed E-state index contributed by atoms with van der Waals surface area (Å²) in [5.74, 6) is 1.30. The van der Waals surface area contributed by atoms with Crippen molar-refractivity contribution in [3.63, 3.8) is 0 Å². The molecule has 3 aromatic rings. The Kier molecular flexibility index (Phi) is 4.57. The summed E-state index contributed by atoms with van der Waals surface area (Å²) in [4.78, 5) is 4.36. The molecule has 5 heteroatoms. The topological polar surface area (TPSA) is 60.2 Å². The highest BCUT2D eigenvalue weighted by Crippen LogP contribution is 2.22. The van der Waals surface area contributed by atoms with Gasteiger partial charge in [0.05, 0.1) is 7.11 Å². The predicted octanol–water partition coefficient (Wildman–Crippen LogP) is 3.92. The van der Waals surface area contributed by atoms with Crippen molar-refractivity contribution in [1.29, 1.82) is 0 Å². The minimum Gasteiger partial charge on any atom is -0.497 e. The molecule has 0 bridgehead atoms. The molecule has 0 aliphatic carbocycles. The summed E-state index contributed by atoms with van der Waals surface area (Å²) >= 11 is 0. The van der Waals surface area contributed by atoms with Crippen LogP contribution in [0, 0.1) is 0 Å². The molecule has 0 aliphatic rings. The van der Waals surface area contributed by atoms with Crippen LogP contribution in [-0.4, -0.2) is 17.3 Å². The first kappa shape index (κ1) is 15.1. The van der Waals surface area contributed by atoms with Crippen LogP contribution in [-0.2, 0) is 13.0 Å². The number of aromatic nitrogens is 2. The van der Waals surface area contributed by atoms with Crippen molar-refractivity contribution in [2.45, 2.75) is 19.9 Å². The summed E-state index contributed by atoms with van der Waals surface area (Å²) in [6, 6.07) is 16.4. The van der Waals surface area contributed by atoms with Crippen LogP contribution >= 0.6 is 0 Å². The number of aryl methyl sites for hydroxylation is 1. The molecule has 0 amide bonds. The molecule has 0 spiro atoms. The Morgan fingerprint density at radius 1 is 1.09 bits per heavy atom. The smallest absolute Gasteiger partial charge is 0.322 e. The molecule has 118 valence electrons. The van der Waals surface area contributed by atoms with Gasteiger partial charge < -0.3 is 14.6 Å². The fraction of sp³-hybridized carbons (Fsp3) is 0.222. The molecule has 0 fully saturated rings. The second-order valence-corrected chi connectivity index (χ2v) is 5.18. The van der Waals surface area contributed by atoms with Gasteiger partial charge in [0, 0.05) is 12.1 Å². The van der Waals surface area contributed by atoms with Gasteiger partial charge in [0.1, 0.15) is 5.75 Å². The average Bonchev–Trinajstić information content (AvgIpc) is 3.09. The Labute approximate surface area is 135 Å². The molecule has 0 radical (unpaired) electrons. The van der Waals surface area contributed by atoms with E-state index in [0.717, 1.165) is 17.7 Å². The maximum atomic E-state index is 5.25. The Hall–Kier alpha value is -2.82. The van der Waals surface area contributed by atoms with Gasteiger partial charge >= 0.3 is 6.01 Å². The van der Waals surface area contributed by atoms with E-state index in [9.17, 15) is 0 Å². The summed E-state index contributed by atoms with van der Waals surface area (Å²) in [5.41, 5.74) is 3.35. The van der Waals surface area contributed by atoms with Crippen molar-refractivity contribution >= 4 is 6.01 Å². The standard InChI is InChI=1S/C18H19N3O2/c1-3-13-7-9-14(10-8-13)12-19-18-20-17(21-23-18)15-5-4-6-16(11-15)22-2/h4-11H,3,12H2,1-2H3,(H,19,20,21). The molecule has 5 nitrogen and oxygen atoms in total. The molecule has 1 heterocycles. The van der Waals surface area contributed by atoms with Crippen LogP contribution in [0.3, 0.4) is 0 Å². The molecular weight excluding hydrogens is 290 g/mol. The molecule has 23 heavy (non-hydrogen) atoms. The quantitative estimate of drug-likeness (QED) is 0.748. The van der Waals surface area contributed by atoms with Gasteiger partial charge in [-0.2, -0.15) is 4.98 Å². The van der Waals surface area contributed by atoms with Crippen molar-refractivity contribution in [1.82, 2.24) is 10.1 Å². The molecule has 0 saturated heterocycles. The van der Waals surface area contributed by atoms with E-state index in [4.69, 9.17) is 9.26 Å². The van der Waals surface area contributed by atoms with Gasteiger partial charge in [0.2, 0.25) is 5.82 Å². The number of ether oxygens (including phenoxy) is 1. The largest absolute Gasteiger partial charge is 0.497 e. The zero-order valence-corrected chi connectivity index (χ0v) is 13.2. The number of rotatable bonds is 6. The van der Waals surface area contributed by atoms with E-state index < -0.39 is 0 Å². The minimum absolute atomic E-state index is 0.405. The molecule has 2 aromatic carbocycles. The van der Waals surface area contributed by atoms with E-state index in [0.29, 0.717) is 18.4 Å². The van der Waals surface area contributed by atoms with E-state index in [2.05, 4.69) is 46.6 Å². The lowest BCUT2D eigenvalue weighted by Gasteiger charge is -2.02. The number of benzene rings is 2. The summed E-state index contributed by atoms with van der Waals surface area (Å²) in [7, 11) is 1.63. The normalized spacial score (nSPS) is 10.5. The second-order valence-electron chi connectivity index (χ2n) is 5.18. The van der Waals surface area contributed by atoms with Crippen LogP contribution in [0.1, 0.15) is 18.1 Å². The van der Waals surface area contributed by atoms with Crippen LogP contribution < -0.4 is 10.1 Å². The predicted molar refractivity (Wildman–Crippen MR) is 89.4 cm³/mol. The Morgan fingerprint density at radius 2 is 1.87 bits per heavy atom. The lowest BCUT2D eigenvalue weighted by atomic mass is 10.1. The van der Waals surface area contributed by atoms with Gasteiger partial charge in [0.15, 0.2) is 0 Å². The monoisotopic (exact) mass is 309 g/mol. The third-order valence-electron chi connectivity index (χ3n) is 3.63. The molecule has 1 aromatic heterocycles. The Morgan fingerprint density at radius 3 is 2.61 bits per heavy atom. The van der Waals surface area contributed by atoms with Crippen molar-refractivity contribution in [2.75, 3.05) is 12.4 Å². The van der Waals surface area contributed by atoms with Gasteiger partial charge in [-0.1, -0.05) is 48.5 Å². The number of anilines is 1. The van der Waals surface area contributed by atoms with Crippen LogP contribution in [0.15, 0.2) is 53.1 Å². The number of hydrogen-bond donors (Lipinski definition) is 1. The molecule has 3 rings (SSSR count). The van der Waals surface area contributed by atoms with E-state index in [1.54, 1.807) is 7.11 Å². The van der Waals surface area contributed by atoms with Crippen LogP contribution in [0.5, 0.6) is 5.75 Å². The highest BCUT2D eigenvalue weighted by molar-refractivity contribution is 5.57. The first-order valence-electron chi connectivity index (χ1n) is 7.58. The Bertz CT molecular complexity index is 766. The van der Waals surface area contributed by atoms with Crippen LogP contribution in [0.25, 0.3) is 11.4 Å². The maximum Gasteiger partial charge on any atom is 0.322 e. The third kappa shape index (κ3) is 3.69. The van der Waals surface area contributed by atoms with Gasteiger partial charge in [-0.3, -0.25) is 0 Å². The second kappa shape index (κ2) is 6.96. The molecule has 1 N–H and O–H groups in total. The summed E-state index contributed by atoms with van der Waals surface area (Å²) in [6.45, 7) is 2.79. The van der Waals surface area contributed by atoms with Crippen molar-refractivity contribution in [3.8, 4) is 17.1 Å². The van der Waals surface area contributed by atoms with Crippen LogP contribution in [0.4, 0.5) is 6.01 Å². The molecule has 0 saturated carbocycles. The van der Waals surface area contributed by atoms with E-state index in [1.807, 2.05) is 24.3 Å². The summed E-state index contributed by atoms with van der Waals surface area (Å²) < 4.78 is 10.5. The lowest BCUT2D eigenvalue weighted by Crippen LogP contribution is -1.99. The van der Waals surface area contributed by atoms with Crippen molar-refractivity contribution < 1.29 is 9.26 Å². The van der Waals surface area contributed by atoms with Crippen molar-refractivity contribution in [3.05, 3.63) is 59.7 Å². The van der Waals surface area contributed by atoms with Gasteiger partial charge in [-0.25, -0.2) is 0 Å². The first-order valence-corrected chi connectivity index (χ1v) is 7.58. The van der Waals surface area contributed by atoms with E-state index >= 15 is 0 Å². The highest BCUT2D eigenvalue weighted by atomic mass is 16.5. The van der Waals surface area contributed by atoms with Crippen molar-refractivity contribution in [2.24, 2.45) is 0 Å². The lowest BCUT2D eigenvalue weighted by molar-refractivity contribution is 0.414. The number of methoxy groups -OCH3 is 1. The summed E-state index contributed by atoms with van der Waals surface area (Å²) in [6.07, 6.45) is 1.04. The zero-order chi connectivity index (χ0) is 16.1. The molecule has 0 aliphatic heterocycles. The minimum atomic E-state index is 0.405. The zero-order valence-electron chi connectivity index (χ0n) is 13.2. The SMILES string of the molecule is CCc1ccc(CNc2nc(-c3cccc(OC)c3)no2)cc1. The van der Waals surface area contributed by atoms with Gasteiger partial charge in [-0.15, -0.1) is 0 Å². The van der Waals surface area contributed by atoms with Gasteiger partial charge in [0.25, 0.3) is 0 Å². The fourth-order valence-electron chi connectivity index (χ4n) is 2.25. The summed E-state index contributed by atoms with van der Waals surface area (Å²) in [5, 5.41) is 7.14. The fourth-order valence-corrected chi connectivity index (χ4v) is 2.25. The highest BCUT2D eigenvalue weighted by Gasteiger charge is 2.09. The third-order valence-corrected chi connectivity index (χ3v) is 3.63. The Balaban J connectivity index is 1.66. The number of nitrogens with zero attached hydrogens (tertiary/aromatic N) is 2. The number of nitrogens with one attached hydrogen (secondary N) is 1. The molecule has 0 atom stereocenters.